The molecule has 0 spiro atoms. The number of nitrogens with zero attached hydrogens (tertiary/aromatic N) is 2. The Kier molecular flexibility index (Phi) is 3.59. The lowest BCUT2D eigenvalue weighted by Crippen LogP contribution is -2.09. The van der Waals surface area contributed by atoms with Crippen molar-refractivity contribution in [2.45, 2.75) is 19.9 Å². The van der Waals surface area contributed by atoms with E-state index in [4.69, 9.17) is 11.6 Å². The zero-order chi connectivity index (χ0) is 12.3. The molecule has 0 aliphatic rings. The Morgan fingerprint density at radius 1 is 1.12 bits per heavy atom. The molecular formula is C13H14ClN3. The molecule has 0 bridgehead atoms. The van der Waals surface area contributed by atoms with Crippen molar-refractivity contribution in [3.63, 3.8) is 0 Å². The van der Waals surface area contributed by atoms with E-state index in [2.05, 4.69) is 53.4 Å². The summed E-state index contributed by atoms with van der Waals surface area (Å²) >= 11 is 5.73. The molecule has 1 aromatic carbocycles. The second kappa shape index (κ2) is 5.15. The van der Waals surface area contributed by atoms with Crippen molar-refractivity contribution in [1.29, 1.82) is 0 Å². The first-order valence-electron chi connectivity index (χ1n) is 5.46. The van der Waals surface area contributed by atoms with Gasteiger partial charge in [0.15, 0.2) is 0 Å². The zero-order valence-electron chi connectivity index (χ0n) is 9.81. The summed E-state index contributed by atoms with van der Waals surface area (Å²) in [5.41, 5.74) is 2.46. The number of hydrogen-bond acceptors (Lipinski definition) is 3. The van der Waals surface area contributed by atoms with Gasteiger partial charge in [-0.15, -0.1) is 0 Å². The second-order valence-corrected chi connectivity index (χ2v) is 4.44. The van der Waals surface area contributed by atoms with Crippen LogP contribution >= 0.6 is 11.6 Å². The van der Waals surface area contributed by atoms with Gasteiger partial charge in [0.05, 0.1) is 23.5 Å². The Balaban J connectivity index is 2.08. The van der Waals surface area contributed by atoms with E-state index in [0.29, 0.717) is 11.0 Å². The molecule has 0 radical (unpaired) electrons. The fourth-order valence-corrected chi connectivity index (χ4v) is 1.62. The Hall–Kier alpha value is -1.61. The minimum atomic E-state index is 0.164. The molecule has 2 aromatic rings. The highest BCUT2D eigenvalue weighted by Crippen LogP contribution is 2.17. The smallest absolute Gasteiger partial charge is 0.223 e. The van der Waals surface area contributed by atoms with Gasteiger partial charge in [-0.05, 0) is 19.4 Å². The van der Waals surface area contributed by atoms with Crippen LogP contribution in [-0.4, -0.2) is 9.97 Å². The van der Waals surface area contributed by atoms with Crippen molar-refractivity contribution in [3.05, 3.63) is 52.8 Å². The van der Waals surface area contributed by atoms with Crippen LogP contribution in [0.25, 0.3) is 0 Å². The molecule has 0 fully saturated rings. The normalized spacial score (nSPS) is 12.2. The fraction of sp³-hybridized carbons (Fsp3) is 0.231. The van der Waals surface area contributed by atoms with E-state index in [-0.39, 0.29) is 6.04 Å². The highest BCUT2D eigenvalue weighted by Gasteiger charge is 2.06. The van der Waals surface area contributed by atoms with Gasteiger partial charge in [-0.25, -0.2) is 9.97 Å². The molecule has 3 nitrogen and oxygen atoms in total. The second-order valence-electron chi connectivity index (χ2n) is 4.00. The maximum Gasteiger partial charge on any atom is 0.223 e. The van der Waals surface area contributed by atoms with Crippen molar-refractivity contribution >= 4 is 17.5 Å². The number of aromatic nitrogens is 2. The number of aryl methyl sites for hydroxylation is 1. The minimum absolute atomic E-state index is 0.164. The van der Waals surface area contributed by atoms with Crippen molar-refractivity contribution in [1.82, 2.24) is 9.97 Å². The predicted molar refractivity (Wildman–Crippen MR) is 70.3 cm³/mol. The van der Waals surface area contributed by atoms with Gasteiger partial charge in [0, 0.05) is 0 Å². The van der Waals surface area contributed by atoms with Gasteiger partial charge in [0.1, 0.15) is 0 Å². The van der Waals surface area contributed by atoms with Crippen LogP contribution < -0.4 is 5.32 Å². The first-order valence-corrected chi connectivity index (χ1v) is 5.83. The summed E-state index contributed by atoms with van der Waals surface area (Å²) in [6.45, 7) is 4.15. The van der Waals surface area contributed by atoms with Crippen LogP contribution in [0, 0.1) is 6.92 Å². The molecule has 1 N–H and O–H groups in total. The molecule has 0 aliphatic carbocycles. The van der Waals surface area contributed by atoms with E-state index in [1.807, 2.05) is 0 Å². The molecule has 2 rings (SSSR count). The maximum absolute atomic E-state index is 5.73. The first-order chi connectivity index (χ1) is 8.15. The first kappa shape index (κ1) is 11.9. The summed E-state index contributed by atoms with van der Waals surface area (Å²) < 4.78 is 0. The van der Waals surface area contributed by atoms with Crippen LogP contribution in [0.4, 0.5) is 5.95 Å². The third-order valence-corrected chi connectivity index (χ3v) is 2.74. The van der Waals surface area contributed by atoms with E-state index >= 15 is 0 Å². The lowest BCUT2D eigenvalue weighted by molar-refractivity contribution is 0.860. The average Bonchev–Trinajstić information content (AvgIpc) is 2.33. The van der Waals surface area contributed by atoms with E-state index in [0.717, 1.165) is 0 Å². The van der Waals surface area contributed by atoms with Gasteiger partial charge < -0.3 is 5.32 Å². The molecule has 0 saturated heterocycles. The molecule has 0 amide bonds. The van der Waals surface area contributed by atoms with E-state index in [1.54, 1.807) is 12.4 Å². The number of rotatable bonds is 3. The predicted octanol–water partition coefficient (Wildman–Crippen LogP) is 3.61. The summed E-state index contributed by atoms with van der Waals surface area (Å²) in [4.78, 5) is 8.21. The van der Waals surface area contributed by atoms with Gasteiger partial charge in [0.25, 0.3) is 0 Å². The highest BCUT2D eigenvalue weighted by atomic mass is 35.5. The Labute approximate surface area is 106 Å². The largest absolute Gasteiger partial charge is 0.348 e. The van der Waals surface area contributed by atoms with Crippen molar-refractivity contribution < 1.29 is 0 Å². The molecule has 17 heavy (non-hydrogen) atoms. The number of benzene rings is 1. The summed E-state index contributed by atoms with van der Waals surface area (Å²) in [5.74, 6) is 0.586. The van der Waals surface area contributed by atoms with E-state index in [1.165, 1.54) is 11.1 Å². The van der Waals surface area contributed by atoms with E-state index < -0.39 is 0 Å². The van der Waals surface area contributed by atoms with Crippen molar-refractivity contribution in [3.8, 4) is 0 Å². The zero-order valence-corrected chi connectivity index (χ0v) is 10.6. The van der Waals surface area contributed by atoms with Gasteiger partial charge in [-0.2, -0.15) is 0 Å². The number of anilines is 1. The third kappa shape index (κ3) is 3.17. The lowest BCUT2D eigenvalue weighted by atomic mass is 10.1. The summed E-state index contributed by atoms with van der Waals surface area (Å²) in [7, 11) is 0. The van der Waals surface area contributed by atoms with Crippen LogP contribution in [0.5, 0.6) is 0 Å². The van der Waals surface area contributed by atoms with Crippen LogP contribution in [0.15, 0.2) is 36.7 Å². The molecule has 1 atom stereocenters. The van der Waals surface area contributed by atoms with E-state index in [9.17, 15) is 0 Å². The van der Waals surface area contributed by atoms with Gasteiger partial charge in [0.2, 0.25) is 5.95 Å². The Morgan fingerprint density at radius 3 is 2.29 bits per heavy atom. The summed E-state index contributed by atoms with van der Waals surface area (Å²) in [5, 5.41) is 3.76. The quantitative estimate of drug-likeness (QED) is 0.900. The molecular weight excluding hydrogens is 234 g/mol. The topological polar surface area (TPSA) is 37.8 Å². The van der Waals surface area contributed by atoms with Gasteiger partial charge >= 0.3 is 0 Å². The molecule has 0 aliphatic heterocycles. The average molecular weight is 248 g/mol. The lowest BCUT2D eigenvalue weighted by Gasteiger charge is -2.14. The molecule has 4 heteroatoms. The molecule has 0 saturated carbocycles. The van der Waals surface area contributed by atoms with Gasteiger partial charge in [-0.3, -0.25) is 0 Å². The highest BCUT2D eigenvalue weighted by molar-refractivity contribution is 6.30. The van der Waals surface area contributed by atoms with Crippen LogP contribution in [-0.2, 0) is 0 Å². The van der Waals surface area contributed by atoms with Gasteiger partial charge in [-0.1, -0.05) is 41.4 Å². The molecule has 88 valence electrons. The van der Waals surface area contributed by atoms with Crippen molar-refractivity contribution in [2.24, 2.45) is 0 Å². The van der Waals surface area contributed by atoms with Crippen molar-refractivity contribution in [2.75, 3.05) is 5.32 Å². The standard InChI is InChI=1S/C13H14ClN3/c1-9-3-5-11(6-4-9)10(2)17-13-15-7-12(14)8-16-13/h3-8,10H,1-2H3,(H,15,16,17). The number of hydrogen-bond donors (Lipinski definition) is 1. The molecule has 1 aromatic heterocycles. The number of nitrogens with one attached hydrogen (secondary N) is 1. The Morgan fingerprint density at radius 2 is 1.71 bits per heavy atom. The van der Waals surface area contributed by atoms with Crippen LogP contribution in [0.3, 0.4) is 0 Å². The fourth-order valence-electron chi connectivity index (χ4n) is 1.52. The van der Waals surface area contributed by atoms with Crippen LogP contribution in [0.1, 0.15) is 24.1 Å². The summed E-state index contributed by atoms with van der Waals surface area (Å²) in [6, 6.07) is 8.55. The molecule has 1 heterocycles. The monoisotopic (exact) mass is 247 g/mol. The maximum atomic E-state index is 5.73. The summed E-state index contributed by atoms with van der Waals surface area (Å²) in [6.07, 6.45) is 3.16. The van der Waals surface area contributed by atoms with Crippen LogP contribution in [0.2, 0.25) is 5.02 Å². The minimum Gasteiger partial charge on any atom is -0.348 e. The third-order valence-electron chi connectivity index (χ3n) is 2.54. The SMILES string of the molecule is Cc1ccc(C(C)Nc2ncc(Cl)cn2)cc1. The Bertz CT molecular complexity index is 479. The molecule has 1 unspecified atom stereocenters. The number of halogens is 1.